The molecule has 4 heteroatoms. The number of aliphatic hydroxyl groups is 2. The standard InChI is InChI=1S/C13H23NO3/c1-8(2)11-5-12(16)9(3)4-13(11)17-7-10(15)6-14/h5,8,10,13,15-16H,4,6-7,14H2,1-3H3. The minimum Gasteiger partial charge on any atom is -0.508 e. The lowest BCUT2D eigenvalue weighted by Crippen LogP contribution is -2.31. The second-order valence-electron chi connectivity index (χ2n) is 4.88. The van der Waals surface area contributed by atoms with Crippen LogP contribution in [0.2, 0.25) is 0 Å². The molecule has 2 unspecified atom stereocenters. The van der Waals surface area contributed by atoms with Crippen molar-refractivity contribution in [3.8, 4) is 0 Å². The molecule has 0 saturated carbocycles. The van der Waals surface area contributed by atoms with E-state index in [2.05, 4.69) is 13.8 Å². The van der Waals surface area contributed by atoms with Gasteiger partial charge in [-0.1, -0.05) is 13.8 Å². The molecule has 0 aromatic carbocycles. The summed E-state index contributed by atoms with van der Waals surface area (Å²) in [6.45, 7) is 6.45. The SMILES string of the molecule is CC1=C(O)C=C(C(C)C)C(OCC(O)CN)C1. The number of aliphatic hydroxyl groups excluding tert-OH is 2. The van der Waals surface area contributed by atoms with Crippen LogP contribution in [-0.4, -0.2) is 35.6 Å². The average Bonchev–Trinajstić information content (AvgIpc) is 2.29. The van der Waals surface area contributed by atoms with Gasteiger partial charge in [0, 0.05) is 13.0 Å². The first-order valence-corrected chi connectivity index (χ1v) is 6.05. The second-order valence-corrected chi connectivity index (χ2v) is 4.88. The summed E-state index contributed by atoms with van der Waals surface area (Å²) in [5, 5.41) is 19.1. The van der Waals surface area contributed by atoms with Crippen molar-refractivity contribution in [1.29, 1.82) is 0 Å². The van der Waals surface area contributed by atoms with Crippen LogP contribution in [0, 0.1) is 5.92 Å². The highest BCUT2D eigenvalue weighted by Gasteiger charge is 2.24. The molecule has 0 aliphatic heterocycles. The number of hydrogen-bond donors (Lipinski definition) is 3. The first-order valence-electron chi connectivity index (χ1n) is 6.05. The molecule has 1 rings (SSSR count). The van der Waals surface area contributed by atoms with Crippen LogP contribution >= 0.6 is 0 Å². The smallest absolute Gasteiger partial charge is 0.114 e. The zero-order valence-electron chi connectivity index (χ0n) is 10.8. The zero-order chi connectivity index (χ0) is 13.0. The van der Waals surface area contributed by atoms with Crippen LogP contribution < -0.4 is 5.73 Å². The van der Waals surface area contributed by atoms with Crippen LogP contribution in [0.3, 0.4) is 0 Å². The van der Waals surface area contributed by atoms with E-state index >= 15 is 0 Å². The Bertz CT molecular complexity index is 321. The molecule has 17 heavy (non-hydrogen) atoms. The van der Waals surface area contributed by atoms with Gasteiger partial charge in [0.25, 0.3) is 0 Å². The van der Waals surface area contributed by atoms with E-state index in [-0.39, 0.29) is 19.3 Å². The first-order chi connectivity index (χ1) is 7.95. The highest BCUT2D eigenvalue weighted by atomic mass is 16.5. The molecule has 4 nitrogen and oxygen atoms in total. The van der Waals surface area contributed by atoms with Gasteiger partial charge in [-0.05, 0) is 30.1 Å². The van der Waals surface area contributed by atoms with Crippen molar-refractivity contribution in [3.63, 3.8) is 0 Å². The molecule has 0 fully saturated rings. The van der Waals surface area contributed by atoms with E-state index in [9.17, 15) is 10.2 Å². The van der Waals surface area contributed by atoms with E-state index in [4.69, 9.17) is 10.5 Å². The first kappa shape index (κ1) is 14.2. The number of hydrogen-bond acceptors (Lipinski definition) is 4. The summed E-state index contributed by atoms with van der Waals surface area (Å²) in [5.74, 6) is 0.651. The topological polar surface area (TPSA) is 75.7 Å². The third kappa shape index (κ3) is 3.84. The Morgan fingerprint density at radius 1 is 1.53 bits per heavy atom. The molecule has 0 heterocycles. The van der Waals surface area contributed by atoms with Crippen molar-refractivity contribution in [2.75, 3.05) is 13.2 Å². The van der Waals surface area contributed by atoms with Crippen LogP contribution in [0.4, 0.5) is 0 Å². The molecule has 0 saturated heterocycles. The van der Waals surface area contributed by atoms with Gasteiger partial charge in [-0.2, -0.15) is 0 Å². The summed E-state index contributed by atoms with van der Waals surface area (Å²) in [6.07, 6.45) is 1.77. The van der Waals surface area contributed by atoms with Crippen LogP contribution in [0.5, 0.6) is 0 Å². The predicted molar refractivity (Wildman–Crippen MR) is 67.7 cm³/mol. The van der Waals surface area contributed by atoms with Crippen molar-refractivity contribution in [3.05, 3.63) is 23.0 Å². The van der Waals surface area contributed by atoms with Crippen LogP contribution in [0.1, 0.15) is 27.2 Å². The molecule has 0 amide bonds. The maximum Gasteiger partial charge on any atom is 0.114 e. The average molecular weight is 241 g/mol. The Labute approximate surface area is 103 Å². The fraction of sp³-hybridized carbons (Fsp3) is 0.692. The van der Waals surface area contributed by atoms with E-state index in [0.29, 0.717) is 18.1 Å². The van der Waals surface area contributed by atoms with Gasteiger partial charge in [0.05, 0.1) is 18.8 Å². The molecule has 0 bridgehead atoms. The van der Waals surface area contributed by atoms with E-state index in [1.165, 1.54) is 0 Å². The summed E-state index contributed by atoms with van der Waals surface area (Å²) in [5.41, 5.74) is 7.32. The Morgan fingerprint density at radius 2 is 2.18 bits per heavy atom. The number of ether oxygens (including phenoxy) is 1. The molecule has 4 N–H and O–H groups in total. The van der Waals surface area contributed by atoms with Gasteiger partial charge in [0.2, 0.25) is 0 Å². The third-order valence-corrected chi connectivity index (χ3v) is 3.03. The highest BCUT2D eigenvalue weighted by Crippen LogP contribution is 2.29. The van der Waals surface area contributed by atoms with E-state index < -0.39 is 6.10 Å². The van der Waals surface area contributed by atoms with Gasteiger partial charge in [0.15, 0.2) is 0 Å². The lowest BCUT2D eigenvalue weighted by Gasteiger charge is -2.28. The zero-order valence-corrected chi connectivity index (χ0v) is 10.8. The van der Waals surface area contributed by atoms with E-state index in [1.807, 2.05) is 6.92 Å². The fourth-order valence-electron chi connectivity index (χ4n) is 1.86. The predicted octanol–water partition coefficient (Wildman–Crippen LogP) is 1.51. The molecule has 0 spiro atoms. The quantitative estimate of drug-likeness (QED) is 0.682. The minimum absolute atomic E-state index is 0.0629. The summed E-state index contributed by atoms with van der Waals surface area (Å²) < 4.78 is 5.68. The van der Waals surface area contributed by atoms with Gasteiger partial charge >= 0.3 is 0 Å². The van der Waals surface area contributed by atoms with Gasteiger partial charge in [-0.15, -0.1) is 0 Å². The Kier molecular flexibility index (Phi) is 5.18. The lowest BCUT2D eigenvalue weighted by atomic mass is 9.88. The van der Waals surface area contributed by atoms with Gasteiger partial charge in [-0.3, -0.25) is 0 Å². The van der Waals surface area contributed by atoms with Gasteiger partial charge < -0.3 is 20.7 Å². The number of rotatable bonds is 5. The van der Waals surface area contributed by atoms with Crippen LogP contribution in [-0.2, 0) is 4.74 Å². The van der Waals surface area contributed by atoms with Crippen molar-refractivity contribution in [1.82, 2.24) is 0 Å². The number of nitrogens with two attached hydrogens (primary N) is 1. The molecule has 1 aliphatic rings. The molecule has 98 valence electrons. The molecular formula is C13H23NO3. The van der Waals surface area contributed by atoms with Crippen molar-refractivity contribution < 1.29 is 14.9 Å². The fourth-order valence-corrected chi connectivity index (χ4v) is 1.86. The molecule has 0 radical (unpaired) electrons. The maximum absolute atomic E-state index is 9.72. The summed E-state index contributed by atoms with van der Waals surface area (Å²) in [6, 6.07) is 0. The monoisotopic (exact) mass is 241 g/mol. The minimum atomic E-state index is -0.622. The van der Waals surface area contributed by atoms with Crippen molar-refractivity contribution in [2.45, 2.75) is 39.4 Å². The van der Waals surface area contributed by atoms with Crippen LogP contribution in [0.25, 0.3) is 0 Å². The van der Waals surface area contributed by atoms with Crippen LogP contribution in [0.15, 0.2) is 23.0 Å². The largest absolute Gasteiger partial charge is 0.508 e. The van der Waals surface area contributed by atoms with E-state index in [1.54, 1.807) is 6.08 Å². The number of allylic oxidation sites excluding steroid dienone is 1. The Hall–Kier alpha value is -0.840. The highest BCUT2D eigenvalue weighted by molar-refractivity contribution is 5.32. The van der Waals surface area contributed by atoms with Gasteiger partial charge in [-0.25, -0.2) is 0 Å². The normalized spacial score (nSPS) is 22.9. The Morgan fingerprint density at radius 3 is 2.71 bits per heavy atom. The Balaban J connectivity index is 2.69. The summed E-state index contributed by atoms with van der Waals surface area (Å²) in [7, 11) is 0. The second kappa shape index (κ2) is 6.19. The summed E-state index contributed by atoms with van der Waals surface area (Å²) >= 11 is 0. The lowest BCUT2D eigenvalue weighted by molar-refractivity contribution is 0.00510. The maximum atomic E-state index is 9.72. The molecule has 0 aromatic heterocycles. The molecular weight excluding hydrogens is 218 g/mol. The summed E-state index contributed by atoms with van der Waals surface area (Å²) in [4.78, 5) is 0. The molecule has 1 aliphatic carbocycles. The van der Waals surface area contributed by atoms with Gasteiger partial charge in [0.1, 0.15) is 5.76 Å². The molecule has 2 atom stereocenters. The van der Waals surface area contributed by atoms with E-state index in [0.717, 1.165) is 11.1 Å². The van der Waals surface area contributed by atoms with Crippen molar-refractivity contribution in [2.24, 2.45) is 11.7 Å². The molecule has 0 aromatic rings. The van der Waals surface area contributed by atoms with Crippen molar-refractivity contribution >= 4 is 0 Å². The third-order valence-electron chi connectivity index (χ3n) is 3.03.